The van der Waals surface area contributed by atoms with Crippen LogP contribution < -0.4 is 0 Å². The monoisotopic (exact) mass is 188 g/mol. The highest BCUT2D eigenvalue weighted by atomic mass is 32.2. The SMILES string of the molecule is CCCCS(=O)(=O)c1cn[nH]c1. The summed E-state index contributed by atoms with van der Waals surface area (Å²) < 4.78 is 22.8. The van der Waals surface area contributed by atoms with E-state index in [2.05, 4.69) is 10.2 Å². The summed E-state index contributed by atoms with van der Waals surface area (Å²) in [6.07, 6.45) is 4.33. The van der Waals surface area contributed by atoms with Crippen LogP contribution in [0.2, 0.25) is 0 Å². The van der Waals surface area contributed by atoms with E-state index in [4.69, 9.17) is 0 Å². The average Bonchev–Trinajstić information content (AvgIpc) is 2.53. The van der Waals surface area contributed by atoms with Gasteiger partial charge in [0.1, 0.15) is 4.90 Å². The summed E-state index contributed by atoms with van der Waals surface area (Å²) in [5, 5.41) is 6.08. The first kappa shape index (κ1) is 9.25. The molecule has 0 saturated heterocycles. The van der Waals surface area contributed by atoms with Crippen LogP contribution in [0.1, 0.15) is 19.8 Å². The summed E-state index contributed by atoms with van der Waals surface area (Å²) >= 11 is 0. The van der Waals surface area contributed by atoms with Gasteiger partial charge < -0.3 is 0 Å². The fourth-order valence-electron chi connectivity index (χ4n) is 0.861. The third-order valence-electron chi connectivity index (χ3n) is 1.60. The molecule has 0 unspecified atom stereocenters. The maximum Gasteiger partial charge on any atom is 0.181 e. The Morgan fingerprint density at radius 3 is 2.83 bits per heavy atom. The number of hydrogen-bond donors (Lipinski definition) is 1. The zero-order chi connectivity index (χ0) is 9.03. The molecule has 0 aliphatic heterocycles. The molecule has 0 aromatic carbocycles. The van der Waals surface area contributed by atoms with E-state index in [-0.39, 0.29) is 10.6 Å². The Hall–Kier alpha value is -0.840. The van der Waals surface area contributed by atoms with Gasteiger partial charge in [-0.2, -0.15) is 5.10 Å². The third kappa shape index (κ3) is 2.07. The van der Waals surface area contributed by atoms with E-state index in [0.717, 1.165) is 6.42 Å². The second kappa shape index (κ2) is 3.71. The molecule has 5 heteroatoms. The largest absolute Gasteiger partial charge is 0.284 e. The van der Waals surface area contributed by atoms with Gasteiger partial charge in [0.05, 0.1) is 11.9 Å². The van der Waals surface area contributed by atoms with Crippen LogP contribution in [-0.2, 0) is 9.84 Å². The molecule has 1 N–H and O–H groups in total. The molecular formula is C7H12N2O2S. The van der Waals surface area contributed by atoms with Gasteiger partial charge in [-0.1, -0.05) is 13.3 Å². The number of unbranched alkanes of at least 4 members (excludes halogenated alkanes) is 1. The van der Waals surface area contributed by atoms with Crippen molar-refractivity contribution in [2.75, 3.05) is 5.75 Å². The number of aromatic nitrogens is 2. The molecule has 0 amide bonds. The minimum absolute atomic E-state index is 0.211. The van der Waals surface area contributed by atoms with Crippen molar-refractivity contribution in [2.45, 2.75) is 24.7 Å². The standard InChI is InChI=1S/C7H12N2O2S/c1-2-3-4-12(10,11)7-5-8-9-6-7/h5-6H,2-4H2,1H3,(H,8,9). The van der Waals surface area contributed by atoms with Crippen LogP contribution in [0.25, 0.3) is 0 Å². The molecule has 12 heavy (non-hydrogen) atoms. The van der Waals surface area contributed by atoms with Crippen LogP contribution >= 0.6 is 0 Å². The number of nitrogens with one attached hydrogen (secondary N) is 1. The van der Waals surface area contributed by atoms with E-state index in [1.54, 1.807) is 0 Å². The number of aromatic amines is 1. The van der Waals surface area contributed by atoms with Crippen molar-refractivity contribution >= 4 is 9.84 Å². The Morgan fingerprint density at radius 1 is 1.58 bits per heavy atom. The Morgan fingerprint density at radius 2 is 2.33 bits per heavy atom. The molecule has 1 aromatic rings. The third-order valence-corrected chi connectivity index (χ3v) is 3.37. The fourth-order valence-corrected chi connectivity index (χ4v) is 2.21. The second-order valence-electron chi connectivity index (χ2n) is 2.61. The minimum Gasteiger partial charge on any atom is -0.284 e. The van der Waals surface area contributed by atoms with Gasteiger partial charge in [-0.25, -0.2) is 8.42 Å². The number of nitrogens with zero attached hydrogens (tertiary/aromatic N) is 1. The molecule has 0 bridgehead atoms. The van der Waals surface area contributed by atoms with Gasteiger partial charge in [0.2, 0.25) is 0 Å². The molecule has 1 heterocycles. The maximum atomic E-state index is 11.4. The molecule has 1 aromatic heterocycles. The lowest BCUT2D eigenvalue weighted by atomic mass is 10.4. The molecule has 0 spiro atoms. The lowest BCUT2D eigenvalue weighted by Crippen LogP contribution is -2.05. The molecule has 1 rings (SSSR count). The first-order valence-corrected chi connectivity index (χ1v) is 5.53. The molecule has 0 atom stereocenters. The van der Waals surface area contributed by atoms with E-state index in [9.17, 15) is 8.42 Å². The van der Waals surface area contributed by atoms with Crippen molar-refractivity contribution in [3.05, 3.63) is 12.4 Å². The highest BCUT2D eigenvalue weighted by molar-refractivity contribution is 7.91. The van der Waals surface area contributed by atoms with Crippen molar-refractivity contribution in [1.29, 1.82) is 0 Å². The quantitative estimate of drug-likeness (QED) is 0.766. The lowest BCUT2D eigenvalue weighted by molar-refractivity contribution is 0.593. The predicted molar refractivity (Wildman–Crippen MR) is 45.5 cm³/mol. The van der Waals surface area contributed by atoms with E-state index in [1.807, 2.05) is 6.92 Å². The summed E-state index contributed by atoms with van der Waals surface area (Å²) in [7, 11) is -3.07. The van der Waals surface area contributed by atoms with E-state index in [0.29, 0.717) is 6.42 Å². The number of hydrogen-bond acceptors (Lipinski definition) is 3. The van der Waals surface area contributed by atoms with Crippen LogP contribution in [-0.4, -0.2) is 24.4 Å². The van der Waals surface area contributed by atoms with Gasteiger partial charge in [-0.15, -0.1) is 0 Å². The van der Waals surface area contributed by atoms with Crippen molar-refractivity contribution < 1.29 is 8.42 Å². The topological polar surface area (TPSA) is 62.8 Å². The zero-order valence-corrected chi connectivity index (χ0v) is 7.76. The van der Waals surface area contributed by atoms with E-state index < -0.39 is 9.84 Å². The van der Waals surface area contributed by atoms with Crippen LogP contribution in [0.5, 0.6) is 0 Å². The van der Waals surface area contributed by atoms with Crippen LogP contribution in [0, 0.1) is 0 Å². The first-order chi connectivity index (χ1) is 5.67. The lowest BCUT2D eigenvalue weighted by Gasteiger charge is -1.97. The Bertz CT molecular complexity index is 315. The summed E-state index contributed by atoms with van der Waals surface area (Å²) in [5.41, 5.74) is 0. The Labute approximate surface area is 71.9 Å². The van der Waals surface area contributed by atoms with Crippen LogP contribution in [0.4, 0.5) is 0 Å². The molecule has 0 aliphatic carbocycles. The first-order valence-electron chi connectivity index (χ1n) is 3.88. The molecule has 4 nitrogen and oxygen atoms in total. The van der Waals surface area contributed by atoms with Crippen molar-refractivity contribution in [1.82, 2.24) is 10.2 Å². The van der Waals surface area contributed by atoms with Gasteiger partial charge in [-0.05, 0) is 6.42 Å². The Balaban J connectivity index is 2.74. The highest BCUT2D eigenvalue weighted by Gasteiger charge is 2.13. The van der Waals surface area contributed by atoms with Gasteiger partial charge in [0, 0.05) is 6.20 Å². The van der Waals surface area contributed by atoms with Gasteiger partial charge >= 0.3 is 0 Å². The number of sulfone groups is 1. The van der Waals surface area contributed by atoms with Gasteiger partial charge in [0.25, 0.3) is 0 Å². The van der Waals surface area contributed by atoms with Crippen molar-refractivity contribution in [3.8, 4) is 0 Å². The zero-order valence-electron chi connectivity index (χ0n) is 6.95. The molecular weight excluding hydrogens is 176 g/mol. The van der Waals surface area contributed by atoms with Gasteiger partial charge in [0.15, 0.2) is 9.84 Å². The second-order valence-corrected chi connectivity index (χ2v) is 4.72. The molecule has 68 valence electrons. The fraction of sp³-hybridized carbons (Fsp3) is 0.571. The molecule has 0 radical (unpaired) electrons. The molecule has 0 saturated carbocycles. The van der Waals surface area contributed by atoms with Crippen LogP contribution in [0.3, 0.4) is 0 Å². The number of rotatable bonds is 4. The molecule has 0 fully saturated rings. The normalized spacial score (nSPS) is 11.8. The molecule has 0 aliphatic rings. The van der Waals surface area contributed by atoms with E-state index >= 15 is 0 Å². The van der Waals surface area contributed by atoms with Crippen LogP contribution in [0.15, 0.2) is 17.3 Å². The maximum absolute atomic E-state index is 11.4. The minimum atomic E-state index is -3.07. The van der Waals surface area contributed by atoms with Crippen molar-refractivity contribution in [2.24, 2.45) is 0 Å². The summed E-state index contributed by atoms with van der Waals surface area (Å²) in [6.45, 7) is 1.96. The van der Waals surface area contributed by atoms with Crippen molar-refractivity contribution in [3.63, 3.8) is 0 Å². The summed E-state index contributed by atoms with van der Waals surface area (Å²) in [5.74, 6) is 0.211. The van der Waals surface area contributed by atoms with E-state index in [1.165, 1.54) is 12.4 Å². The summed E-state index contributed by atoms with van der Waals surface area (Å²) in [6, 6.07) is 0. The highest BCUT2D eigenvalue weighted by Crippen LogP contribution is 2.09. The Kier molecular flexibility index (Phi) is 2.86. The summed E-state index contributed by atoms with van der Waals surface area (Å²) in [4.78, 5) is 0.288. The average molecular weight is 188 g/mol. The predicted octanol–water partition coefficient (Wildman–Crippen LogP) is 0.984. The van der Waals surface area contributed by atoms with Gasteiger partial charge in [-0.3, -0.25) is 5.10 Å². The number of H-pyrrole nitrogens is 1. The smallest absolute Gasteiger partial charge is 0.181 e.